The molecule has 0 radical (unpaired) electrons. The average Bonchev–Trinajstić information content (AvgIpc) is 3.05. The zero-order chi connectivity index (χ0) is 15.2. The highest BCUT2D eigenvalue weighted by molar-refractivity contribution is 8.01. The summed E-state index contributed by atoms with van der Waals surface area (Å²) in [5.74, 6) is 1.46. The summed E-state index contributed by atoms with van der Waals surface area (Å²) in [7, 11) is -0.930. The van der Waals surface area contributed by atoms with E-state index in [-0.39, 0.29) is 0 Å². The SMILES string of the molecule is O=[S@@](CCSc1nc(-c2ccccc2)cs1)c1ccccc1. The van der Waals surface area contributed by atoms with E-state index in [4.69, 9.17) is 0 Å². The number of thiazole rings is 1. The van der Waals surface area contributed by atoms with Gasteiger partial charge in [-0.15, -0.1) is 11.3 Å². The maximum Gasteiger partial charge on any atom is 0.150 e. The third kappa shape index (κ3) is 4.06. The van der Waals surface area contributed by atoms with Crippen LogP contribution < -0.4 is 0 Å². The smallest absolute Gasteiger partial charge is 0.150 e. The van der Waals surface area contributed by atoms with Crippen molar-refractivity contribution in [2.75, 3.05) is 11.5 Å². The minimum Gasteiger partial charge on any atom is -0.254 e. The van der Waals surface area contributed by atoms with E-state index in [2.05, 4.69) is 22.5 Å². The molecule has 1 aromatic heterocycles. The fraction of sp³-hybridized carbons (Fsp3) is 0.118. The molecule has 22 heavy (non-hydrogen) atoms. The van der Waals surface area contributed by atoms with E-state index in [0.29, 0.717) is 5.75 Å². The highest BCUT2D eigenvalue weighted by atomic mass is 32.2. The Hall–Kier alpha value is -1.43. The highest BCUT2D eigenvalue weighted by Gasteiger charge is 2.07. The van der Waals surface area contributed by atoms with Crippen LogP contribution in [0.3, 0.4) is 0 Å². The summed E-state index contributed by atoms with van der Waals surface area (Å²) in [6, 6.07) is 19.8. The molecule has 3 rings (SSSR count). The van der Waals surface area contributed by atoms with E-state index in [9.17, 15) is 4.21 Å². The molecule has 0 amide bonds. The maximum atomic E-state index is 12.1. The molecule has 0 spiro atoms. The van der Waals surface area contributed by atoms with Crippen LogP contribution >= 0.6 is 23.1 Å². The van der Waals surface area contributed by atoms with Gasteiger partial charge in [0.2, 0.25) is 0 Å². The Morgan fingerprint density at radius 1 is 1.00 bits per heavy atom. The Morgan fingerprint density at radius 3 is 2.41 bits per heavy atom. The first-order valence-corrected chi connectivity index (χ1v) is 10.1. The Kier molecular flexibility index (Phi) is 5.43. The lowest BCUT2D eigenvalue weighted by molar-refractivity contribution is 0.684. The minimum absolute atomic E-state index is 0.648. The van der Waals surface area contributed by atoms with Crippen molar-refractivity contribution in [3.8, 4) is 11.3 Å². The highest BCUT2D eigenvalue weighted by Crippen LogP contribution is 2.28. The molecule has 1 atom stereocenters. The number of rotatable bonds is 6. The quantitative estimate of drug-likeness (QED) is 0.606. The lowest BCUT2D eigenvalue weighted by Crippen LogP contribution is -2.00. The fourth-order valence-corrected chi connectivity index (χ4v) is 5.15. The largest absolute Gasteiger partial charge is 0.254 e. The molecule has 0 aliphatic carbocycles. The molecule has 0 N–H and O–H groups in total. The van der Waals surface area contributed by atoms with Gasteiger partial charge in [0.1, 0.15) is 0 Å². The first kappa shape index (κ1) is 15.5. The number of hydrogen-bond acceptors (Lipinski definition) is 4. The van der Waals surface area contributed by atoms with Crippen molar-refractivity contribution >= 4 is 33.9 Å². The second kappa shape index (κ2) is 7.72. The van der Waals surface area contributed by atoms with Crippen LogP contribution in [0.4, 0.5) is 0 Å². The lowest BCUT2D eigenvalue weighted by atomic mass is 10.2. The van der Waals surface area contributed by atoms with Crippen LogP contribution in [0.1, 0.15) is 0 Å². The molecule has 5 heteroatoms. The van der Waals surface area contributed by atoms with Crippen LogP contribution in [0.2, 0.25) is 0 Å². The Balaban J connectivity index is 1.55. The van der Waals surface area contributed by atoms with E-state index < -0.39 is 10.8 Å². The van der Waals surface area contributed by atoms with Crippen molar-refractivity contribution in [1.82, 2.24) is 4.98 Å². The van der Waals surface area contributed by atoms with E-state index in [1.54, 1.807) is 23.1 Å². The van der Waals surface area contributed by atoms with Crippen LogP contribution in [0.25, 0.3) is 11.3 Å². The monoisotopic (exact) mass is 345 g/mol. The summed E-state index contributed by atoms with van der Waals surface area (Å²) in [6.07, 6.45) is 0. The van der Waals surface area contributed by atoms with Crippen molar-refractivity contribution in [3.63, 3.8) is 0 Å². The van der Waals surface area contributed by atoms with Gasteiger partial charge >= 0.3 is 0 Å². The Bertz CT molecular complexity index is 741. The molecule has 0 fully saturated rings. The minimum atomic E-state index is -0.930. The summed E-state index contributed by atoms with van der Waals surface area (Å²) in [6.45, 7) is 0. The van der Waals surface area contributed by atoms with Gasteiger partial charge in [0.15, 0.2) is 4.34 Å². The molecule has 0 aliphatic heterocycles. The van der Waals surface area contributed by atoms with Crippen molar-refractivity contribution in [2.45, 2.75) is 9.24 Å². The van der Waals surface area contributed by atoms with E-state index in [1.807, 2.05) is 48.5 Å². The summed E-state index contributed by atoms with van der Waals surface area (Å²) in [5.41, 5.74) is 2.15. The van der Waals surface area contributed by atoms with Crippen LogP contribution in [-0.4, -0.2) is 20.7 Å². The summed E-state index contributed by atoms with van der Waals surface area (Å²) < 4.78 is 13.2. The predicted octanol–water partition coefficient (Wildman–Crippen LogP) is 4.71. The van der Waals surface area contributed by atoms with Gasteiger partial charge in [-0.25, -0.2) is 4.98 Å². The molecule has 2 nitrogen and oxygen atoms in total. The zero-order valence-electron chi connectivity index (χ0n) is 11.8. The number of thioether (sulfide) groups is 1. The summed E-state index contributed by atoms with van der Waals surface area (Å²) >= 11 is 3.32. The van der Waals surface area contributed by atoms with E-state index in [0.717, 1.165) is 26.2 Å². The molecule has 0 unspecified atom stereocenters. The second-order valence-electron chi connectivity index (χ2n) is 4.58. The fourth-order valence-electron chi connectivity index (χ4n) is 1.96. The first-order valence-electron chi connectivity index (χ1n) is 6.90. The molecular formula is C17H15NOS3. The van der Waals surface area contributed by atoms with Crippen molar-refractivity contribution in [3.05, 3.63) is 66.0 Å². The number of benzene rings is 2. The van der Waals surface area contributed by atoms with Gasteiger partial charge < -0.3 is 0 Å². The van der Waals surface area contributed by atoms with Crippen molar-refractivity contribution < 1.29 is 4.21 Å². The number of hydrogen-bond donors (Lipinski definition) is 0. The molecule has 0 saturated carbocycles. The third-order valence-electron chi connectivity index (χ3n) is 3.05. The van der Waals surface area contributed by atoms with Crippen molar-refractivity contribution in [2.24, 2.45) is 0 Å². The van der Waals surface area contributed by atoms with Gasteiger partial charge in [-0.1, -0.05) is 60.3 Å². The first-order chi connectivity index (χ1) is 10.8. The van der Waals surface area contributed by atoms with Gasteiger partial charge in [0.05, 0.1) is 16.5 Å². The molecule has 1 heterocycles. The van der Waals surface area contributed by atoms with E-state index in [1.165, 1.54) is 0 Å². The lowest BCUT2D eigenvalue weighted by Gasteiger charge is -2.00. The molecular weight excluding hydrogens is 330 g/mol. The number of nitrogens with zero attached hydrogens (tertiary/aromatic N) is 1. The van der Waals surface area contributed by atoms with Gasteiger partial charge in [-0.05, 0) is 12.1 Å². The number of aromatic nitrogens is 1. The molecule has 112 valence electrons. The van der Waals surface area contributed by atoms with Crippen LogP contribution in [0.5, 0.6) is 0 Å². The molecule has 3 aromatic rings. The zero-order valence-corrected chi connectivity index (χ0v) is 14.3. The second-order valence-corrected chi connectivity index (χ2v) is 8.35. The van der Waals surface area contributed by atoms with Crippen LogP contribution in [0.15, 0.2) is 75.3 Å². The van der Waals surface area contributed by atoms with Gasteiger partial charge in [0.25, 0.3) is 0 Å². The van der Waals surface area contributed by atoms with Crippen molar-refractivity contribution in [1.29, 1.82) is 0 Å². The molecule has 0 saturated heterocycles. The molecule has 2 aromatic carbocycles. The topological polar surface area (TPSA) is 30.0 Å². The Labute approximate surface area is 141 Å². The van der Waals surface area contributed by atoms with Crippen LogP contribution in [0, 0.1) is 0 Å². The van der Waals surface area contributed by atoms with E-state index >= 15 is 0 Å². The van der Waals surface area contributed by atoms with Gasteiger partial charge in [-0.2, -0.15) is 0 Å². The van der Waals surface area contributed by atoms with Gasteiger partial charge in [0, 0.05) is 27.3 Å². The molecule has 0 bridgehead atoms. The maximum absolute atomic E-state index is 12.1. The Morgan fingerprint density at radius 2 is 1.68 bits per heavy atom. The molecule has 0 aliphatic rings. The third-order valence-corrected chi connectivity index (χ3v) is 6.71. The predicted molar refractivity (Wildman–Crippen MR) is 96.0 cm³/mol. The summed E-state index contributed by atoms with van der Waals surface area (Å²) in [4.78, 5) is 5.53. The standard InChI is InChI=1S/C17H15NOS3/c19-22(15-9-5-2-6-10-15)12-11-20-17-18-16(13-21-17)14-7-3-1-4-8-14/h1-10,13H,11-12H2/t22-/m0/s1. The summed E-state index contributed by atoms with van der Waals surface area (Å²) in [5, 5.41) is 2.08. The van der Waals surface area contributed by atoms with Crippen LogP contribution in [-0.2, 0) is 10.8 Å². The average molecular weight is 346 g/mol. The van der Waals surface area contributed by atoms with Gasteiger partial charge in [-0.3, -0.25) is 4.21 Å². The normalized spacial score (nSPS) is 12.2.